The van der Waals surface area contributed by atoms with Crippen molar-refractivity contribution in [3.63, 3.8) is 0 Å². The van der Waals surface area contributed by atoms with Gasteiger partial charge in [-0.05, 0) is 19.3 Å². The molecule has 0 aromatic heterocycles. The Labute approximate surface area is 131 Å². The van der Waals surface area contributed by atoms with E-state index in [0.29, 0.717) is 5.91 Å². The van der Waals surface area contributed by atoms with Crippen molar-refractivity contribution >= 4 is 5.91 Å². The molecule has 0 aromatic rings. The summed E-state index contributed by atoms with van der Waals surface area (Å²) in [6, 6.07) is 0.843. The van der Waals surface area contributed by atoms with Crippen molar-refractivity contribution in [2.75, 3.05) is 20.1 Å². The van der Waals surface area contributed by atoms with Crippen LogP contribution < -0.4 is 5.32 Å². The first-order valence-corrected chi connectivity index (χ1v) is 9.21. The quantitative estimate of drug-likeness (QED) is 0.387. The summed E-state index contributed by atoms with van der Waals surface area (Å²) in [6.07, 6.45) is 14.7. The maximum Gasteiger partial charge on any atom is 0.222 e. The van der Waals surface area contributed by atoms with Crippen LogP contribution in [0.3, 0.4) is 0 Å². The highest BCUT2D eigenvalue weighted by molar-refractivity contribution is 5.75. The molecule has 1 unspecified atom stereocenters. The molecular formula is C18H36N2O. The summed E-state index contributed by atoms with van der Waals surface area (Å²) < 4.78 is 0. The molecule has 1 aliphatic heterocycles. The van der Waals surface area contributed by atoms with E-state index >= 15 is 0 Å². The van der Waals surface area contributed by atoms with E-state index < -0.39 is 0 Å². The van der Waals surface area contributed by atoms with E-state index in [2.05, 4.69) is 12.2 Å². The zero-order valence-electron chi connectivity index (χ0n) is 14.3. The SMILES string of the molecule is CCCCCCN(C)C(=O)CCCCCCCCC1CN1. The Morgan fingerprint density at radius 1 is 1.00 bits per heavy atom. The molecule has 1 atom stereocenters. The summed E-state index contributed by atoms with van der Waals surface area (Å²) in [7, 11) is 1.96. The Hall–Kier alpha value is -0.570. The van der Waals surface area contributed by atoms with Gasteiger partial charge in [0.2, 0.25) is 5.91 Å². The number of nitrogens with zero attached hydrogens (tertiary/aromatic N) is 1. The van der Waals surface area contributed by atoms with E-state index in [1.54, 1.807) is 0 Å². The van der Waals surface area contributed by atoms with Crippen LogP contribution in [-0.2, 0) is 4.79 Å². The van der Waals surface area contributed by atoms with Gasteiger partial charge >= 0.3 is 0 Å². The Bertz CT molecular complexity index is 264. The number of hydrogen-bond acceptors (Lipinski definition) is 2. The van der Waals surface area contributed by atoms with Gasteiger partial charge < -0.3 is 10.2 Å². The van der Waals surface area contributed by atoms with Gasteiger partial charge in [-0.15, -0.1) is 0 Å². The van der Waals surface area contributed by atoms with Gasteiger partial charge in [0.05, 0.1) is 0 Å². The first kappa shape index (κ1) is 18.5. The zero-order chi connectivity index (χ0) is 15.3. The van der Waals surface area contributed by atoms with Crippen molar-refractivity contribution in [3.05, 3.63) is 0 Å². The fourth-order valence-corrected chi connectivity index (χ4v) is 2.75. The molecule has 0 bridgehead atoms. The average Bonchev–Trinajstić information content (AvgIpc) is 3.30. The van der Waals surface area contributed by atoms with E-state index in [9.17, 15) is 4.79 Å². The van der Waals surface area contributed by atoms with Gasteiger partial charge in [-0.3, -0.25) is 4.79 Å². The Balaban J connectivity index is 1.82. The number of carbonyl (C=O) groups is 1. The minimum absolute atomic E-state index is 0.339. The second-order valence-corrected chi connectivity index (χ2v) is 6.64. The summed E-state index contributed by atoms with van der Waals surface area (Å²) in [5, 5.41) is 3.35. The third-order valence-corrected chi connectivity index (χ3v) is 4.46. The largest absolute Gasteiger partial charge is 0.346 e. The third-order valence-electron chi connectivity index (χ3n) is 4.46. The van der Waals surface area contributed by atoms with Crippen LogP contribution in [0.25, 0.3) is 0 Å². The van der Waals surface area contributed by atoms with E-state index in [1.807, 2.05) is 11.9 Å². The molecule has 1 amide bonds. The molecule has 0 aliphatic carbocycles. The lowest BCUT2D eigenvalue weighted by Crippen LogP contribution is -2.27. The standard InChI is InChI=1S/C18H36N2O/c1-3-4-5-12-15-20(2)18(21)14-11-9-7-6-8-10-13-17-16-19-17/h17,19H,3-16H2,1-2H3. The smallest absolute Gasteiger partial charge is 0.222 e. The Morgan fingerprint density at radius 2 is 1.62 bits per heavy atom. The van der Waals surface area contributed by atoms with E-state index in [0.717, 1.165) is 31.8 Å². The molecule has 1 saturated heterocycles. The second-order valence-electron chi connectivity index (χ2n) is 6.64. The summed E-state index contributed by atoms with van der Waals surface area (Å²) in [5.74, 6) is 0.339. The molecule has 1 rings (SSSR count). The molecule has 0 saturated carbocycles. The highest BCUT2D eigenvalue weighted by Gasteiger charge is 2.18. The number of hydrogen-bond donors (Lipinski definition) is 1. The van der Waals surface area contributed by atoms with Crippen LogP contribution in [0, 0.1) is 0 Å². The topological polar surface area (TPSA) is 42.2 Å². The molecule has 1 heterocycles. The fourth-order valence-electron chi connectivity index (χ4n) is 2.75. The van der Waals surface area contributed by atoms with E-state index in [-0.39, 0.29) is 0 Å². The molecule has 1 N–H and O–H groups in total. The van der Waals surface area contributed by atoms with Crippen LogP contribution in [0.5, 0.6) is 0 Å². The predicted molar refractivity (Wildman–Crippen MR) is 90.5 cm³/mol. The average molecular weight is 296 g/mol. The van der Waals surface area contributed by atoms with Crippen molar-refractivity contribution in [1.82, 2.24) is 10.2 Å². The number of amides is 1. The first-order valence-electron chi connectivity index (χ1n) is 9.21. The summed E-state index contributed by atoms with van der Waals surface area (Å²) >= 11 is 0. The lowest BCUT2D eigenvalue weighted by Gasteiger charge is -2.16. The maximum atomic E-state index is 11.9. The van der Waals surface area contributed by atoms with Crippen molar-refractivity contribution in [3.8, 4) is 0 Å². The van der Waals surface area contributed by atoms with Crippen molar-refractivity contribution in [2.45, 2.75) is 90.0 Å². The van der Waals surface area contributed by atoms with Gasteiger partial charge in [-0.2, -0.15) is 0 Å². The van der Waals surface area contributed by atoms with Crippen LogP contribution in [0.2, 0.25) is 0 Å². The lowest BCUT2D eigenvalue weighted by atomic mass is 10.1. The number of rotatable bonds is 14. The van der Waals surface area contributed by atoms with E-state index in [1.165, 1.54) is 64.3 Å². The fraction of sp³-hybridized carbons (Fsp3) is 0.944. The molecule has 124 valence electrons. The Morgan fingerprint density at radius 3 is 2.29 bits per heavy atom. The normalized spacial score (nSPS) is 17.0. The molecule has 1 aliphatic rings. The predicted octanol–water partition coefficient (Wildman–Crippen LogP) is 4.12. The number of unbranched alkanes of at least 4 members (excludes halogenated alkanes) is 8. The monoisotopic (exact) mass is 296 g/mol. The highest BCUT2D eigenvalue weighted by Crippen LogP contribution is 2.13. The summed E-state index contributed by atoms with van der Waals surface area (Å²) in [6.45, 7) is 4.40. The third kappa shape index (κ3) is 10.8. The van der Waals surface area contributed by atoms with Crippen LogP contribution in [0.15, 0.2) is 0 Å². The van der Waals surface area contributed by atoms with Gasteiger partial charge in [0.25, 0.3) is 0 Å². The highest BCUT2D eigenvalue weighted by atomic mass is 16.2. The number of carbonyl (C=O) groups excluding carboxylic acids is 1. The second kappa shape index (κ2) is 12.0. The van der Waals surface area contributed by atoms with Crippen molar-refractivity contribution < 1.29 is 4.79 Å². The zero-order valence-corrected chi connectivity index (χ0v) is 14.3. The first-order chi connectivity index (χ1) is 10.2. The van der Waals surface area contributed by atoms with Gasteiger partial charge in [-0.25, -0.2) is 0 Å². The lowest BCUT2D eigenvalue weighted by molar-refractivity contribution is -0.130. The van der Waals surface area contributed by atoms with Gasteiger partial charge in [-0.1, -0.05) is 58.3 Å². The van der Waals surface area contributed by atoms with Gasteiger partial charge in [0.15, 0.2) is 0 Å². The van der Waals surface area contributed by atoms with E-state index in [4.69, 9.17) is 0 Å². The minimum Gasteiger partial charge on any atom is -0.346 e. The molecule has 0 aromatic carbocycles. The van der Waals surface area contributed by atoms with Gasteiger partial charge in [0, 0.05) is 32.6 Å². The molecular weight excluding hydrogens is 260 g/mol. The molecule has 0 spiro atoms. The molecule has 3 heteroatoms. The van der Waals surface area contributed by atoms with Crippen LogP contribution in [0.4, 0.5) is 0 Å². The maximum absolute atomic E-state index is 11.9. The molecule has 3 nitrogen and oxygen atoms in total. The molecule has 21 heavy (non-hydrogen) atoms. The Kier molecular flexibility index (Phi) is 10.6. The van der Waals surface area contributed by atoms with Crippen LogP contribution >= 0.6 is 0 Å². The van der Waals surface area contributed by atoms with Crippen molar-refractivity contribution in [2.24, 2.45) is 0 Å². The van der Waals surface area contributed by atoms with Crippen LogP contribution in [-0.4, -0.2) is 37.0 Å². The van der Waals surface area contributed by atoms with Crippen molar-refractivity contribution in [1.29, 1.82) is 0 Å². The molecule has 1 fully saturated rings. The molecule has 0 radical (unpaired) electrons. The summed E-state index contributed by atoms with van der Waals surface area (Å²) in [4.78, 5) is 13.9. The number of nitrogens with one attached hydrogen (secondary N) is 1. The minimum atomic E-state index is 0.339. The van der Waals surface area contributed by atoms with Crippen LogP contribution in [0.1, 0.15) is 84.0 Å². The van der Waals surface area contributed by atoms with Gasteiger partial charge in [0.1, 0.15) is 0 Å². The summed E-state index contributed by atoms with van der Waals surface area (Å²) in [5.41, 5.74) is 0.